The first-order valence-corrected chi connectivity index (χ1v) is 17.1. The third kappa shape index (κ3) is 6.42. The van der Waals surface area contributed by atoms with E-state index in [0.717, 1.165) is 89.4 Å². The van der Waals surface area contributed by atoms with Gasteiger partial charge in [-0.05, 0) is 68.8 Å². The molecular formula is C46H34CrN4. The summed E-state index contributed by atoms with van der Waals surface area (Å²) in [6.45, 7) is 4.00. The van der Waals surface area contributed by atoms with E-state index in [4.69, 9.17) is 19.9 Å². The molecule has 3 aromatic heterocycles. The van der Waals surface area contributed by atoms with E-state index in [2.05, 4.69) is 146 Å². The molecule has 5 heterocycles. The van der Waals surface area contributed by atoms with Gasteiger partial charge in [-0.1, -0.05) is 159 Å². The summed E-state index contributed by atoms with van der Waals surface area (Å²) in [6.07, 6.45) is 8.41. The van der Waals surface area contributed by atoms with Gasteiger partial charge in [0.25, 0.3) is 0 Å². The van der Waals surface area contributed by atoms with Crippen LogP contribution in [0.5, 0.6) is 0 Å². The van der Waals surface area contributed by atoms with Crippen molar-refractivity contribution in [2.75, 3.05) is 0 Å². The van der Waals surface area contributed by atoms with Gasteiger partial charge in [-0.3, -0.25) is 0 Å². The zero-order chi connectivity index (χ0) is 33.9. The van der Waals surface area contributed by atoms with Crippen molar-refractivity contribution < 1.29 is 17.4 Å². The minimum atomic E-state index is 0. The number of aromatic nitrogens is 4. The zero-order valence-corrected chi connectivity index (χ0v) is 29.6. The summed E-state index contributed by atoms with van der Waals surface area (Å²) >= 11 is 0. The van der Waals surface area contributed by atoms with Gasteiger partial charge in [0.05, 0.1) is 22.8 Å². The van der Waals surface area contributed by atoms with Crippen molar-refractivity contribution in [1.29, 1.82) is 0 Å². The zero-order valence-electron chi connectivity index (χ0n) is 28.4. The summed E-state index contributed by atoms with van der Waals surface area (Å²) < 4.78 is 0. The third-order valence-corrected chi connectivity index (χ3v) is 8.86. The van der Waals surface area contributed by atoms with E-state index in [1.54, 1.807) is 0 Å². The maximum absolute atomic E-state index is 5.31. The Morgan fingerprint density at radius 2 is 0.529 bits per heavy atom. The van der Waals surface area contributed by atoms with Gasteiger partial charge in [0, 0.05) is 0 Å². The van der Waals surface area contributed by atoms with Crippen LogP contribution in [0, 0.1) is 0 Å². The first-order chi connectivity index (χ1) is 24.8. The monoisotopic (exact) mass is 694 g/mol. The number of fused-ring (bicyclic) bond motifs is 8. The molecule has 0 spiro atoms. The molecule has 0 fully saturated rings. The fourth-order valence-corrected chi connectivity index (χ4v) is 6.69. The van der Waals surface area contributed by atoms with E-state index in [1.165, 1.54) is 0 Å². The summed E-state index contributed by atoms with van der Waals surface area (Å²) in [5.74, 6) is 0. The van der Waals surface area contributed by atoms with Crippen LogP contribution in [0.25, 0.3) is 90.9 Å². The van der Waals surface area contributed by atoms with Gasteiger partial charge in [-0.2, -0.15) is 0 Å². The molecule has 7 aromatic rings. The molecule has 0 saturated heterocycles. The Balaban J connectivity index is 0.00000133. The van der Waals surface area contributed by atoms with Gasteiger partial charge in [-0.25, -0.2) is 9.97 Å². The van der Waals surface area contributed by atoms with Crippen molar-refractivity contribution in [1.82, 2.24) is 19.9 Å². The SMILES string of the molecule is C1=Cc2nc1c(-c1ccccc1)c1ccc([n-]1)c(-c1ccccc1)c1nc(c(-c3ccccc3)c3ccc([n-]3)c2-c2ccccc2)C=C1.CC.[Cr+2]. The molecule has 9 rings (SSSR count). The van der Waals surface area contributed by atoms with E-state index in [1.807, 2.05) is 38.1 Å². The van der Waals surface area contributed by atoms with Gasteiger partial charge >= 0.3 is 17.4 Å². The normalized spacial score (nSPS) is 11.4. The van der Waals surface area contributed by atoms with Gasteiger partial charge < -0.3 is 9.97 Å². The molecule has 0 amide bonds. The van der Waals surface area contributed by atoms with Crippen LogP contribution >= 0.6 is 0 Å². The van der Waals surface area contributed by atoms with E-state index in [-0.39, 0.29) is 17.4 Å². The van der Waals surface area contributed by atoms with Crippen molar-refractivity contribution in [3.8, 4) is 44.5 Å². The predicted molar refractivity (Wildman–Crippen MR) is 210 cm³/mol. The van der Waals surface area contributed by atoms with E-state index >= 15 is 0 Å². The van der Waals surface area contributed by atoms with Gasteiger partial charge in [0.1, 0.15) is 0 Å². The summed E-state index contributed by atoms with van der Waals surface area (Å²) in [5.41, 5.74) is 15.0. The molecule has 5 heteroatoms. The number of rotatable bonds is 4. The van der Waals surface area contributed by atoms with Gasteiger partial charge in [0.2, 0.25) is 0 Å². The Hall–Kier alpha value is -5.99. The van der Waals surface area contributed by atoms with E-state index in [9.17, 15) is 0 Å². The average molecular weight is 695 g/mol. The first-order valence-electron chi connectivity index (χ1n) is 17.1. The summed E-state index contributed by atoms with van der Waals surface area (Å²) in [5, 5.41) is 0. The van der Waals surface area contributed by atoms with Crippen LogP contribution in [0.15, 0.2) is 146 Å². The second-order valence-corrected chi connectivity index (χ2v) is 11.8. The fourth-order valence-electron chi connectivity index (χ4n) is 6.69. The van der Waals surface area contributed by atoms with E-state index < -0.39 is 0 Å². The van der Waals surface area contributed by atoms with E-state index in [0.29, 0.717) is 0 Å². The topological polar surface area (TPSA) is 54.0 Å². The van der Waals surface area contributed by atoms with Gasteiger partial charge in [-0.15, -0.1) is 22.1 Å². The Bertz CT molecular complexity index is 2180. The van der Waals surface area contributed by atoms with Crippen molar-refractivity contribution in [3.63, 3.8) is 0 Å². The van der Waals surface area contributed by atoms with Crippen LogP contribution in [-0.2, 0) is 17.4 Å². The molecule has 0 atom stereocenters. The van der Waals surface area contributed by atoms with Crippen LogP contribution in [0.4, 0.5) is 0 Å². The summed E-state index contributed by atoms with van der Waals surface area (Å²) in [4.78, 5) is 21.2. The molecule has 244 valence electrons. The standard InChI is InChI=1S/C44H28N4.C2H6.Cr/c1-5-13-29(14-6-1)41-33-21-23-35(45-33)42(30-15-7-2-8-16-30)37-25-27-39(47-37)44(32-19-11-4-12-20-32)40-28-26-38(48-40)43(31-17-9-3-10-18-31)36-24-22-34(41)46-36;1-2;/h1-28H;1-2H3;/q-2;;+2. The number of hydrogen-bond donors (Lipinski definition) is 0. The van der Waals surface area contributed by atoms with Crippen LogP contribution in [0.3, 0.4) is 0 Å². The molecule has 0 radical (unpaired) electrons. The molecule has 51 heavy (non-hydrogen) atoms. The quantitative estimate of drug-likeness (QED) is 0.184. The largest absolute Gasteiger partial charge is 2.00 e. The maximum Gasteiger partial charge on any atom is 2.00 e. The van der Waals surface area contributed by atoms with Crippen molar-refractivity contribution in [3.05, 3.63) is 168 Å². The molecule has 0 aliphatic carbocycles. The molecule has 2 aliphatic rings. The number of hydrogen-bond acceptors (Lipinski definition) is 2. The average Bonchev–Trinajstić information content (AvgIpc) is 4.02. The molecule has 0 unspecified atom stereocenters. The summed E-state index contributed by atoms with van der Waals surface area (Å²) in [6, 6.07) is 50.0. The van der Waals surface area contributed by atoms with Crippen molar-refractivity contribution in [2.24, 2.45) is 0 Å². The molecule has 2 aliphatic heterocycles. The molecule has 8 bridgehead atoms. The predicted octanol–water partition coefficient (Wildman–Crippen LogP) is 11.6. The molecule has 4 aromatic carbocycles. The van der Waals surface area contributed by atoms with Crippen LogP contribution in [-0.4, -0.2) is 9.97 Å². The Morgan fingerprint density at radius 3 is 0.745 bits per heavy atom. The molecule has 0 N–H and O–H groups in total. The summed E-state index contributed by atoms with van der Waals surface area (Å²) in [7, 11) is 0. The maximum atomic E-state index is 5.31. The minimum Gasteiger partial charge on any atom is -0.657 e. The molecular weight excluding hydrogens is 661 g/mol. The van der Waals surface area contributed by atoms with Crippen LogP contribution in [0.2, 0.25) is 0 Å². The van der Waals surface area contributed by atoms with Gasteiger partial charge in [0.15, 0.2) is 0 Å². The second kappa shape index (κ2) is 14.9. The molecule has 0 saturated carbocycles. The first kappa shape index (κ1) is 33.5. The van der Waals surface area contributed by atoms with Crippen LogP contribution in [0.1, 0.15) is 36.6 Å². The number of benzene rings is 4. The fraction of sp³-hybridized carbons (Fsp3) is 0.0435. The van der Waals surface area contributed by atoms with Crippen molar-refractivity contribution >= 4 is 46.4 Å². The van der Waals surface area contributed by atoms with Crippen molar-refractivity contribution in [2.45, 2.75) is 13.8 Å². The Kier molecular flexibility index (Phi) is 9.77. The third-order valence-electron chi connectivity index (χ3n) is 8.86. The second-order valence-electron chi connectivity index (χ2n) is 11.8. The smallest absolute Gasteiger partial charge is 0.657 e. The minimum absolute atomic E-state index is 0. The Morgan fingerprint density at radius 1 is 0.314 bits per heavy atom. The number of nitrogens with zero attached hydrogens (tertiary/aromatic N) is 4. The molecule has 4 nitrogen and oxygen atoms in total. The van der Waals surface area contributed by atoms with Crippen LogP contribution < -0.4 is 9.97 Å². The Labute approximate surface area is 309 Å².